The molecule has 4 heteroatoms. The first-order chi connectivity index (χ1) is 9.01. The zero-order valence-corrected chi connectivity index (χ0v) is 12.3. The first-order valence-electron chi connectivity index (χ1n) is 5.75. The Morgan fingerprint density at radius 3 is 2.32 bits per heavy atom. The molecule has 0 unspecified atom stereocenters. The second-order valence-corrected chi connectivity index (χ2v) is 5.13. The number of ether oxygens (including phenoxy) is 1. The highest BCUT2D eigenvalue weighted by molar-refractivity contribution is 9.10. The Morgan fingerprint density at radius 2 is 1.79 bits per heavy atom. The van der Waals surface area contributed by atoms with Crippen molar-refractivity contribution >= 4 is 21.6 Å². The quantitative estimate of drug-likeness (QED) is 0.840. The average Bonchev–Trinajstić information content (AvgIpc) is 2.38. The molecule has 0 aliphatic rings. The lowest BCUT2D eigenvalue weighted by Gasteiger charge is -2.11. The number of rotatable bonds is 2. The fourth-order valence-corrected chi connectivity index (χ4v) is 2.03. The molecule has 0 fully saturated rings. The zero-order chi connectivity index (χ0) is 14.0. The molecule has 19 heavy (non-hydrogen) atoms. The van der Waals surface area contributed by atoms with Crippen molar-refractivity contribution in [3.63, 3.8) is 0 Å². The molecule has 2 aromatic carbocycles. The van der Waals surface area contributed by atoms with Gasteiger partial charge < -0.3 is 10.5 Å². The molecule has 0 amide bonds. The topological polar surface area (TPSA) is 59.0 Å². The molecule has 0 aromatic heterocycles. The maximum atomic E-state index is 8.79. The second-order valence-electron chi connectivity index (χ2n) is 4.34. The Morgan fingerprint density at radius 1 is 1.16 bits per heavy atom. The summed E-state index contributed by atoms with van der Waals surface area (Å²) < 4.78 is 6.85. The van der Waals surface area contributed by atoms with E-state index in [2.05, 4.69) is 15.9 Å². The van der Waals surface area contributed by atoms with E-state index < -0.39 is 0 Å². The third-order valence-corrected chi connectivity index (χ3v) is 4.03. The third-order valence-electron chi connectivity index (χ3n) is 2.78. The van der Waals surface area contributed by atoms with Crippen LogP contribution < -0.4 is 10.5 Å². The van der Waals surface area contributed by atoms with Crippen LogP contribution in [-0.2, 0) is 0 Å². The van der Waals surface area contributed by atoms with Crippen molar-refractivity contribution in [2.24, 2.45) is 0 Å². The number of nitrogens with zero attached hydrogens (tertiary/aromatic N) is 1. The van der Waals surface area contributed by atoms with E-state index in [4.69, 9.17) is 15.7 Å². The molecule has 0 saturated heterocycles. The van der Waals surface area contributed by atoms with Crippen LogP contribution >= 0.6 is 15.9 Å². The number of hydrogen-bond donors (Lipinski definition) is 1. The molecular formula is C15H13BrN2O. The van der Waals surface area contributed by atoms with Crippen LogP contribution in [0.4, 0.5) is 5.69 Å². The lowest BCUT2D eigenvalue weighted by atomic mass is 10.1. The Kier molecular flexibility index (Phi) is 3.77. The second kappa shape index (κ2) is 5.33. The number of benzene rings is 2. The van der Waals surface area contributed by atoms with E-state index in [0.29, 0.717) is 17.0 Å². The number of anilines is 1. The monoisotopic (exact) mass is 316 g/mol. The predicted octanol–water partition coefficient (Wildman–Crippen LogP) is 4.31. The molecule has 0 aliphatic heterocycles. The molecular weight excluding hydrogens is 304 g/mol. The number of hydrogen-bond acceptors (Lipinski definition) is 3. The Balaban J connectivity index is 2.34. The Hall–Kier alpha value is -1.99. The first-order valence-corrected chi connectivity index (χ1v) is 6.55. The molecule has 0 heterocycles. The Bertz CT molecular complexity index is 651. The average molecular weight is 317 g/mol. The van der Waals surface area contributed by atoms with E-state index >= 15 is 0 Å². The fourth-order valence-electron chi connectivity index (χ4n) is 1.80. The van der Waals surface area contributed by atoms with Crippen LogP contribution in [0.25, 0.3) is 0 Å². The van der Waals surface area contributed by atoms with E-state index in [9.17, 15) is 0 Å². The molecule has 2 aromatic rings. The van der Waals surface area contributed by atoms with Gasteiger partial charge in [-0.1, -0.05) is 15.9 Å². The van der Waals surface area contributed by atoms with Crippen molar-refractivity contribution in [3.05, 3.63) is 51.5 Å². The van der Waals surface area contributed by atoms with Gasteiger partial charge in [-0.3, -0.25) is 0 Å². The Labute approximate surface area is 120 Å². The van der Waals surface area contributed by atoms with Crippen LogP contribution in [0.15, 0.2) is 34.8 Å². The maximum Gasteiger partial charge on any atom is 0.150 e. The highest BCUT2D eigenvalue weighted by Crippen LogP contribution is 2.32. The minimum atomic E-state index is 0.456. The van der Waals surface area contributed by atoms with Gasteiger partial charge in [-0.2, -0.15) is 5.26 Å². The molecule has 0 radical (unpaired) electrons. The molecule has 96 valence electrons. The molecule has 0 spiro atoms. The number of halogens is 1. The van der Waals surface area contributed by atoms with Crippen molar-refractivity contribution in [1.82, 2.24) is 0 Å². The highest BCUT2D eigenvalue weighted by atomic mass is 79.9. The minimum Gasteiger partial charge on any atom is -0.455 e. The van der Waals surface area contributed by atoms with E-state index in [1.54, 1.807) is 18.2 Å². The molecule has 0 bridgehead atoms. The van der Waals surface area contributed by atoms with Gasteiger partial charge in [0.15, 0.2) is 0 Å². The summed E-state index contributed by atoms with van der Waals surface area (Å²) in [6.07, 6.45) is 0. The fraction of sp³-hybridized carbons (Fsp3) is 0.133. The van der Waals surface area contributed by atoms with Crippen LogP contribution in [-0.4, -0.2) is 0 Å². The smallest absolute Gasteiger partial charge is 0.150 e. The van der Waals surface area contributed by atoms with Gasteiger partial charge in [-0.05, 0) is 55.3 Å². The summed E-state index contributed by atoms with van der Waals surface area (Å²) >= 11 is 3.52. The van der Waals surface area contributed by atoms with Gasteiger partial charge in [0.25, 0.3) is 0 Å². The first kappa shape index (κ1) is 13.4. The number of nitrogens with two attached hydrogens (primary N) is 1. The van der Waals surface area contributed by atoms with Crippen LogP contribution in [0.2, 0.25) is 0 Å². The van der Waals surface area contributed by atoms with Crippen LogP contribution in [0.1, 0.15) is 16.7 Å². The third kappa shape index (κ3) is 2.88. The van der Waals surface area contributed by atoms with Gasteiger partial charge in [-0.15, -0.1) is 0 Å². The van der Waals surface area contributed by atoms with Gasteiger partial charge in [0.1, 0.15) is 11.5 Å². The zero-order valence-electron chi connectivity index (χ0n) is 10.7. The lowest BCUT2D eigenvalue weighted by molar-refractivity contribution is 0.484. The van der Waals surface area contributed by atoms with Crippen molar-refractivity contribution in [3.8, 4) is 17.6 Å². The summed E-state index contributed by atoms with van der Waals surface area (Å²) in [6.45, 7) is 4.01. The van der Waals surface area contributed by atoms with Crippen LogP contribution in [0.5, 0.6) is 11.5 Å². The summed E-state index contributed by atoms with van der Waals surface area (Å²) in [5.74, 6) is 1.29. The highest BCUT2D eigenvalue weighted by Gasteiger charge is 2.07. The largest absolute Gasteiger partial charge is 0.455 e. The summed E-state index contributed by atoms with van der Waals surface area (Å²) in [6, 6.07) is 10.9. The number of aryl methyl sites for hydroxylation is 2. The van der Waals surface area contributed by atoms with Gasteiger partial charge in [-0.25, -0.2) is 0 Å². The van der Waals surface area contributed by atoms with Gasteiger partial charge >= 0.3 is 0 Å². The van der Waals surface area contributed by atoms with E-state index in [0.717, 1.165) is 21.3 Å². The number of nitriles is 1. The molecule has 2 rings (SSSR count). The van der Waals surface area contributed by atoms with Gasteiger partial charge in [0.05, 0.1) is 17.3 Å². The summed E-state index contributed by atoms with van der Waals surface area (Å²) in [5.41, 5.74) is 9.04. The van der Waals surface area contributed by atoms with Crippen LogP contribution in [0, 0.1) is 25.2 Å². The molecule has 0 saturated carbocycles. The predicted molar refractivity (Wildman–Crippen MR) is 79.3 cm³/mol. The molecule has 2 N–H and O–H groups in total. The van der Waals surface area contributed by atoms with Gasteiger partial charge in [0, 0.05) is 4.47 Å². The van der Waals surface area contributed by atoms with Crippen molar-refractivity contribution in [2.45, 2.75) is 13.8 Å². The van der Waals surface area contributed by atoms with Crippen molar-refractivity contribution in [1.29, 1.82) is 5.26 Å². The lowest BCUT2D eigenvalue weighted by Crippen LogP contribution is -1.94. The van der Waals surface area contributed by atoms with E-state index in [-0.39, 0.29) is 0 Å². The maximum absolute atomic E-state index is 8.79. The number of nitrogen functional groups attached to an aromatic ring is 1. The minimum absolute atomic E-state index is 0.456. The summed E-state index contributed by atoms with van der Waals surface area (Å²) in [4.78, 5) is 0. The van der Waals surface area contributed by atoms with E-state index in [1.807, 2.05) is 32.0 Å². The molecule has 0 aliphatic carbocycles. The summed E-state index contributed by atoms with van der Waals surface area (Å²) in [5, 5.41) is 8.79. The molecule has 3 nitrogen and oxygen atoms in total. The van der Waals surface area contributed by atoms with Crippen molar-refractivity contribution in [2.75, 3.05) is 5.73 Å². The molecule has 0 atom stereocenters. The van der Waals surface area contributed by atoms with Crippen LogP contribution in [0.3, 0.4) is 0 Å². The normalized spacial score (nSPS) is 10.0. The standard InChI is InChI=1S/C15H13BrN2O/c1-9-5-12(6-10(2)15(9)16)19-14-4-3-11(8-17)7-13(14)18/h3-7H,18H2,1-2H3. The summed E-state index contributed by atoms with van der Waals surface area (Å²) in [7, 11) is 0. The van der Waals surface area contributed by atoms with E-state index in [1.165, 1.54) is 0 Å². The van der Waals surface area contributed by atoms with Crippen molar-refractivity contribution < 1.29 is 4.74 Å². The van der Waals surface area contributed by atoms with Gasteiger partial charge in [0.2, 0.25) is 0 Å². The SMILES string of the molecule is Cc1cc(Oc2ccc(C#N)cc2N)cc(C)c1Br.